The molecule has 0 N–H and O–H groups in total. The maximum atomic E-state index is 13.0. The number of benzene rings is 2. The molecule has 0 radical (unpaired) electrons. The van der Waals surface area contributed by atoms with Crippen molar-refractivity contribution in [2.75, 3.05) is 36.0 Å². The first-order chi connectivity index (χ1) is 15.6. The molecule has 0 bridgehead atoms. The molecule has 5 rings (SSSR count). The predicted molar refractivity (Wildman–Crippen MR) is 124 cm³/mol. The van der Waals surface area contributed by atoms with Crippen molar-refractivity contribution in [1.29, 1.82) is 0 Å². The van der Waals surface area contributed by atoms with Crippen LogP contribution in [-0.4, -0.2) is 52.7 Å². The molecule has 3 heterocycles. The zero-order chi connectivity index (χ0) is 22.1. The van der Waals surface area contributed by atoms with Gasteiger partial charge < -0.3 is 9.80 Å². The summed E-state index contributed by atoms with van der Waals surface area (Å²) >= 11 is 6.11. The molecule has 0 saturated carbocycles. The van der Waals surface area contributed by atoms with E-state index >= 15 is 0 Å². The molecule has 1 saturated heterocycles. The largest absolute Gasteiger partial charge is 0.368 e. The average Bonchev–Trinajstić information content (AvgIpc) is 3.30. The van der Waals surface area contributed by atoms with E-state index in [0.29, 0.717) is 38.2 Å². The van der Waals surface area contributed by atoms with Gasteiger partial charge in [-0.1, -0.05) is 29.8 Å². The highest BCUT2D eigenvalue weighted by Gasteiger charge is 2.25. The molecular formula is C24H24ClN5O2. The van der Waals surface area contributed by atoms with E-state index in [9.17, 15) is 9.59 Å². The number of amides is 2. The Morgan fingerprint density at radius 3 is 2.50 bits per heavy atom. The molecule has 1 aromatic heterocycles. The third-order valence-corrected chi connectivity index (χ3v) is 6.33. The molecule has 2 amide bonds. The van der Waals surface area contributed by atoms with E-state index in [-0.39, 0.29) is 11.8 Å². The molecule has 0 spiro atoms. The SMILES string of the molecule is O=C(c1ccc(CN2C(=O)CCn3nccc32)cc1)N1CCN(c2cccc(Cl)c2)CC1. The van der Waals surface area contributed by atoms with Crippen LogP contribution in [0.1, 0.15) is 22.3 Å². The Bertz CT molecular complexity index is 1140. The molecule has 164 valence electrons. The van der Waals surface area contributed by atoms with Crippen LogP contribution >= 0.6 is 11.6 Å². The van der Waals surface area contributed by atoms with Gasteiger partial charge in [-0.3, -0.25) is 14.5 Å². The van der Waals surface area contributed by atoms with Crippen molar-refractivity contribution in [2.24, 2.45) is 0 Å². The Morgan fingerprint density at radius 1 is 0.969 bits per heavy atom. The maximum absolute atomic E-state index is 13.0. The number of rotatable bonds is 4. The highest BCUT2D eigenvalue weighted by molar-refractivity contribution is 6.30. The number of aromatic nitrogens is 2. The van der Waals surface area contributed by atoms with Crippen LogP contribution in [0.2, 0.25) is 5.02 Å². The fourth-order valence-electron chi connectivity index (χ4n) is 4.32. The van der Waals surface area contributed by atoms with E-state index in [1.165, 1.54) is 0 Å². The van der Waals surface area contributed by atoms with Gasteiger partial charge >= 0.3 is 0 Å². The third-order valence-electron chi connectivity index (χ3n) is 6.09. The Morgan fingerprint density at radius 2 is 1.75 bits per heavy atom. The Balaban J connectivity index is 1.21. The van der Waals surface area contributed by atoms with Crippen LogP contribution in [0.4, 0.5) is 11.5 Å². The Labute approximate surface area is 191 Å². The average molecular weight is 450 g/mol. The number of fused-ring (bicyclic) bond motifs is 1. The second-order valence-electron chi connectivity index (χ2n) is 8.10. The normalized spacial score (nSPS) is 16.3. The van der Waals surface area contributed by atoms with Crippen molar-refractivity contribution in [3.05, 3.63) is 76.9 Å². The van der Waals surface area contributed by atoms with E-state index in [2.05, 4.69) is 10.00 Å². The number of piperazine rings is 1. The first-order valence-electron chi connectivity index (χ1n) is 10.8. The summed E-state index contributed by atoms with van der Waals surface area (Å²) in [6, 6.07) is 17.2. The lowest BCUT2D eigenvalue weighted by Crippen LogP contribution is -2.48. The van der Waals surface area contributed by atoms with Crippen LogP contribution in [0.3, 0.4) is 0 Å². The summed E-state index contributed by atoms with van der Waals surface area (Å²) in [5, 5.41) is 4.98. The van der Waals surface area contributed by atoms with Crippen molar-refractivity contribution >= 4 is 34.9 Å². The van der Waals surface area contributed by atoms with Crippen molar-refractivity contribution < 1.29 is 9.59 Å². The summed E-state index contributed by atoms with van der Waals surface area (Å²) in [6.45, 7) is 3.97. The van der Waals surface area contributed by atoms with Crippen LogP contribution in [0.5, 0.6) is 0 Å². The number of hydrogen-bond donors (Lipinski definition) is 0. The first kappa shape index (κ1) is 20.6. The number of nitrogens with zero attached hydrogens (tertiary/aromatic N) is 5. The zero-order valence-corrected chi connectivity index (χ0v) is 18.4. The standard InChI is InChI=1S/C24H24ClN5O2/c25-20-2-1-3-21(16-20)27-12-14-28(15-13-27)24(32)19-6-4-18(5-7-19)17-29-22-8-10-26-30(22)11-9-23(29)31/h1-8,10,16H,9,11-15,17H2. The molecule has 0 unspecified atom stereocenters. The van der Waals surface area contributed by atoms with Gasteiger partial charge in [0, 0.05) is 54.9 Å². The Kier molecular flexibility index (Phi) is 5.57. The fourth-order valence-corrected chi connectivity index (χ4v) is 4.50. The molecule has 2 aliphatic rings. The lowest BCUT2D eigenvalue weighted by atomic mass is 10.1. The highest BCUT2D eigenvalue weighted by atomic mass is 35.5. The van der Waals surface area contributed by atoms with Gasteiger partial charge in [0.1, 0.15) is 5.82 Å². The predicted octanol–water partition coefficient (Wildman–Crippen LogP) is 3.44. The van der Waals surface area contributed by atoms with Crippen LogP contribution in [0.25, 0.3) is 0 Å². The summed E-state index contributed by atoms with van der Waals surface area (Å²) in [4.78, 5) is 31.3. The molecule has 32 heavy (non-hydrogen) atoms. The number of halogens is 1. The summed E-state index contributed by atoms with van der Waals surface area (Å²) < 4.78 is 1.85. The Hall–Kier alpha value is -3.32. The number of carbonyl (C=O) groups is 2. The molecule has 8 heteroatoms. The van der Waals surface area contributed by atoms with Crippen molar-refractivity contribution in [2.45, 2.75) is 19.5 Å². The molecule has 1 fully saturated rings. The van der Waals surface area contributed by atoms with Crippen molar-refractivity contribution in [1.82, 2.24) is 14.7 Å². The molecule has 0 aliphatic carbocycles. The first-order valence-corrected chi connectivity index (χ1v) is 11.2. The van der Waals surface area contributed by atoms with Gasteiger partial charge in [-0.25, -0.2) is 4.68 Å². The molecule has 2 aromatic carbocycles. The summed E-state index contributed by atoms with van der Waals surface area (Å²) in [7, 11) is 0. The highest BCUT2D eigenvalue weighted by Crippen LogP contribution is 2.24. The minimum absolute atomic E-state index is 0.0365. The van der Waals surface area contributed by atoms with Crippen LogP contribution in [-0.2, 0) is 17.9 Å². The molecular weight excluding hydrogens is 426 g/mol. The number of anilines is 2. The summed E-state index contributed by atoms with van der Waals surface area (Å²) in [6.07, 6.45) is 2.17. The minimum Gasteiger partial charge on any atom is -0.368 e. The van der Waals surface area contributed by atoms with Crippen molar-refractivity contribution in [3.8, 4) is 0 Å². The summed E-state index contributed by atoms with van der Waals surface area (Å²) in [5.74, 6) is 0.948. The van der Waals surface area contributed by atoms with Gasteiger partial charge in [0.25, 0.3) is 5.91 Å². The van der Waals surface area contributed by atoms with Crippen LogP contribution < -0.4 is 9.80 Å². The summed E-state index contributed by atoms with van der Waals surface area (Å²) in [5.41, 5.74) is 2.73. The third kappa shape index (κ3) is 4.08. The van der Waals surface area contributed by atoms with Gasteiger partial charge in [0.05, 0.1) is 19.3 Å². The fraction of sp³-hybridized carbons (Fsp3) is 0.292. The zero-order valence-electron chi connectivity index (χ0n) is 17.7. The van der Waals surface area contributed by atoms with E-state index in [1.807, 2.05) is 64.2 Å². The molecule has 0 atom stereocenters. The topological polar surface area (TPSA) is 61.7 Å². The van der Waals surface area contributed by atoms with Crippen molar-refractivity contribution in [3.63, 3.8) is 0 Å². The lowest BCUT2D eigenvalue weighted by molar-refractivity contribution is -0.119. The van der Waals surface area contributed by atoms with E-state index in [0.717, 1.165) is 35.2 Å². The van der Waals surface area contributed by atoms with Gasteiger partial charge in [-0.05, 0) is 35.9 Å². The molecule has 2 aliphatic heterocycles. The van der Waals surface area contributed by atoms with Crippen LogP contribution in [0.15, 0.2) is 60.8 Å². The monoisotopic (exact) mass is 449 g/mol. The minimum atomic E-state index is 0.0365. The second-order valence-corrected chi connectivity index (χ2v) is 8.53. The molecule has 7 nitrogen and oxygen atoms in total. The smallest absolute Gasteiger partial charge is 0.253 e. The van der Waals surface area contributed by atoms with E-state index in [1.54, 1.807) is 11.1 Å². The quantitative estimate of drug-likeness (QED) is 0.612. The van der Waals surface area contributed by atoms with Gasteiger partial charge in [0.2, 0.25) is 5.91 Å². The van der Waals surface area contributed by atoms with E-state index in [4.69, 9.17) is 11.6 Å². The number of aryl methyl sites for hydroxylation is 1. The van der Waals surface area contributed by atoms with E-state index < -0.39 is 0 Å². The maximum Gasteiger partial charge on any atom is 0.253 e. The number of carbonyl (C=O) groups excluding carboxylic acids is 2. The second kappa shape index (κ2) is 8.67. The van der Waals surface area contributed by atoms with Gasteiger partial charge in [-0.15, -0.1) is 0 Å². The molecule has 3 aromatic rings. The van der Waals surface area contributed by atoms with Gasteiger partial charge in [0.15, 0.2) is 0 Å². The lowest BCUT2D eigenvalue weighted by Gasteiger charge is -2.36. The van der Waals surface area contributed by atoms with Crippen LogP contribution in [0, 0.1) is 0 Å². The number of hydrogen-bond acceptors (Lipinski definition) is 4. The van der Waals surface area contributed by atoms with Gasteiger partial charge in [-0.2, -0.15) is 5.10 Å².